The molecule has 1 nitrogen and oxygen atoms in total. The van der Waals surface area contributed by atoms with Crippen LogP contribution in [0.4, 0.5) is 0 Å². The summed E-state index contributed by atoms with van der Waals surface area (Å²) in [7, 11) is -0.00179. The lowest BCUT2D eigenvalue weighted by Gasteiger charge is -1.86. The Bertz CT molecular complexity index is 367. The van der Waals surface area contributed by atoms with Gasteiger partial charge >= 0.3 is 0 Å². The molecule has 1 aromatic carbocycles. The van der Waals surface area contributed by atoms with Crippen molar-refractivity contribution in [3.05, 3.63) is 42.0 Å². The van der Waals surface area contributed by atoms with Crippen molar-refractivity contribution in [1.82, 2.24) is 4.98 Å². The van der Waals surface area contributed by atoms with E-state index in [4.69, 9.17) is 0 Å². The van der Waals surface area contributed by atoms with Gasteiger partial charge in [-0.05, 0) is 12.1 Å². The van der Waals surface area contributed by atoms with E-state index in [0.717, 1.165) is 4.21 Å². The molecule has 12 heavy (non-hydrogen) atoms. The smallest absolute Gasteiger partial charge is 0.207 e. The average Bonchev–Trinajstić information content (AvgIpc) is 2.53. The summed E-state index contributed by atoms with van der Waals surface area (Å²) in [4.78, 5) is 5.35. The van der Waals surface area contributed by atoms with Crippen molar-refractivity contribution in [3.63, 3.8) is 0 Å². The lowest BCUT2D eigenvalue weighted by atomic mass is 10.4. The fraction of sp³-hybridized carbons (Fsp3) is 0. The molecule has 1 aromatic heterocycles. The average molecular weight is 194 g/mol. The third-order valence-corrected chi connectivity index (χ3v) is 3.95. The summed E-state index contributed by atoms with van der Waals surface area (Å²) in [6, 6.07) is 10.3. The molecular formula is C9H8NS2+. The van der Waals surface area contributed by atoms with Crippen LogP contribution in [0.5, 0.6) is 0 Å². The Hall–Kier alpha value is -0.800. The van der Waals surface area contributed by atoms with Crippen LogP contribution in [0.15, 0.2) is 46.2 Å². The molecule has 1 heterocycles. The van der Waals surface area contributed by atoms with Gasteiger partial charge in [-0.2, -0.15) is 0 Å². The minimum absolute atomic E-state index is 0.00179. The van der Waals surface area contributed by atoms with Crippen LogP contribution in [0.3, 0.4) is 0 Å². The van der Waals surface area contributed by atoms with Crippen LogP contribution in [0.2, 0.25) is 0 Å². The Kier molecular flexibility index (Phi) is 2.15. The molecule has 1 unspecified atom stereocenters. The van der Waals surface area contributed by atoms with Crippen molar-refractivity contribution in [1.29, 1.82) is 0 Å². The zero-order chi connectivity index (χ0) is 8.39. The monoisotopic (exact) mass is 194 g/mol. The normalized spacial score (nSPS) is 11.6. The maximum absolute atomic E-state index is 4.35. The van der Waals surface area contributed by atoms with Crippen molar-refractivity contribution < 1.29 is 0 Å². The van der Waals surface area contributed by atoms with E-state index in [1.807, 2.05) is 23.7 Å². The van der Waals surface area contributed by atoms with Gasteiger partial charge in [0.05, 0.1) is 6.20 Å². The number of hydrogen-bond acceptors (Lipinski definition) is 2. The van der Waals surface area contributed by atoms with E-state index in [0.29, 0.717) is 0 Å². The molecule has 0 fully saturated rings. The van der Waals surface area contributed by atoms with Crippen LogP contribution in [0, 0.1) is 0 Å². The van der Waals surface area contributed by atoms with Crippen molar-refractivity contribution >= 4 is 23.1 Å². The Morgan fingerprint density at radius 2 is 1.92 bits per heavy atom. The highest BCUT2D eigenvalue weighted by atomic mass is 32.2. The number of benzene rings is 1. The van der Waals surface area contributed by atoms with E-state index in [2.05, 4.69) is 29.7 Å². The summed E-state index contributed by atoms with van der Waals surface area (Å²) in [5.74, 6) is 0. The zero-order valence-corrected chi connectivity index (χ0v) is 8.06. The first-order chi connectivity index (χ1) is 5.88. The molecule has 0 N–H and O–H groups in total. The van der Waals surface area contributed by atoms with Gasteiger partial charge in [0.2, 0.25) is 9.72 Å². The highest BCUT2D eigenvalue weighted by molar-refractivity contribution is 7.84. The highest BCUT2D eigenvalue weighted by Gasteiger charge is 2.12. The van der Waals surface area contributed by atoms with E-state index < -0.39 is 0 Å². The standard InChI is InChI=1S/C9H7NS2/c11-9-6-10-7-12(9)8-4-2-1-3-5-8/h1-7H/p+1. The number of nitrogens with zero attached hydrogens (tertiary/aromatic N) is 1. The minimum atomic E-state index is -0.00179. The second-order valence-electron chi connectivity index (χ2n) is 2.37. The molecule has 2 aromatic rings. The molecule has 1 atom stereocenters. The molecule has 0 saturated carbocycles. The number of hydrogen-bond donors (Lipinski definition) is 1. The summed E-state index contributed by atoms with van der Waals surface area (Å²) in [5, 5.41) is 0. The van der Waals surface area contributed by atoms with Gasteiger partial charge in [-0.15, -0.1) is 0 Å². The second kappa shape index (κ2) is 3.29. The number of thiol groups is 1. The first-order valence-corrected chi connectivity index (χ1v) is 5.32. The fourth-order valence-electron chi connectivity index (χ4n) is 1.01. The predicted molar refractivity (Wildman–Crippen MR) is 55.3 cm³/mol. The van der Waals surface area contributed by atoms with Crippen LogP contribution in [0.1, 0.15) is 0 Å². The van der Waals surface area contributed by atoms with Crippen LogP contribution in [-0.2, 0) is 0 Å². The van der Waals surface area contributed by atoms with Gasteiger partial charge in [0.25, 0.3) is 0 Å². The number of aromatic nitrogens is 1. The van der Waals surface area contributed by atoms with E-state index in [9.17, 15) is 0 Å². The van der Waals surface area contributed by atoms with Crippen molar-refractivity contribution in [3.8, 4) is 4.90 Å². The zero-order valence-electron chi connectivity index (χ0n) is 6.34. The van der Waals surface area contributed by atoms with Gasteiger partial charge in [-0.25, -0.2) is 4.98 Å². The molecule has 0 spiro atoms. The maximum Gasteiger partial charge on any atom is 0.236 e. The topological polar surface area (TPSA) is 12.9 Å². The van der Waals surface area contributed by atoms with Crippen LogP contribution >= 0.6 is 23.1 Å². The first-order valence-electron chi connectivity index (χ1n) is 3.58. The fourth-order valence-corrected chi connectivity index (χ4v) is 2.82. The van der Waals surface area contributed by atoms with Gasteiger partial charge in [0.15, 0.2) is 4.90 Å². The van der Waals surface area contributed by atoms with Crippen LogP contribution in [-0.4, -0.2) is 4.98 Å². The van der Waals surface area contributed by atoms with E-state index in [-0.39, 0.29) is 10.5 Å². The summed E-state index contributed by atoms with van der Waals surface area (Å²) < 4.78 is 1.04. The van der Waals surface area contributed by atoms with E-state index in [1.54, 1.807) is 6.20 Å². The molecule has 0 aliphatic heterocycles. The molecule has 3 heteroatoms. The van der Waals surface area contributed by atoms with Crippen LogP contribution in [0.25, 0.3) is 4.90 Å². The molecular weight excluding hydrogens is 186 g/mol. The molecule has 0 amide bonds. The SMILES string of the molecule is Sc1cnc[s+]1-c1ccccc1. The largest absolute Gasteiger partial charge is 0.236 e. The second-order valence-corrected chi connectivity index (χ2v) is 4.95. The molecule has 0 bridgehead atoms. The van der Waals surface area contributed by atoms with Gasteiger partial charge in [-0.1, -0.05) is 30.8 Å². The molecule has 0 aliphatic rings. The highest BCUT2D eigenvalue weighted by Crippen LogP contribution is 2.35. The number of thiazole rings is 1. The lowest BCUT2D eigenvalue weighted by molar-refractivity contribution is 1.38. The first kappa shape index (κ1) is 7.83. The molecule has 2 rings (SSSR count). The van der Waals surface area contributed by atoms with Crippen molar-refractivity contribution in [2.24, 2.45) is 0 Å². The summed E-state index contributed by atoms with van der Waals surface area (Å²) in [6.45, 7) is 0. The third-order valence-electron chi connectivity index (χ3n) is 1.57. The quantitative estimate of drug-likeness (QED) is 0.543. The Labute approximate surface area is 79.5 Å². The predicted octanol–water partition coefficient (Wildman–Crippen LogP) is 3.11. The van der Waals surface area contributed by atoms with Gasteiger partial charge in [-0.3, -0.25) is 0 Å². The lowest BCUT2D eigenvalue weighted by Crippen LogP contribution is -1.65. The molecule has 0 saturated heterocycles. The van der Waals surface area contributed by atoms with Crippen molar-refractivity contribution in [2.45, 2.75) is 4.21 Å². The van der Waals surface area contributed by atoms with Gasteiger partial charge in [0, 0.05) is 10.5 Å². The van der Waals surface area contributed by atoms with E-state index in [1.165, 1.54) is 4.90 Å². The molecule has 60 valence electrons. The van der Waals surface area contributed by atoms with Gasteiger partial charge < -0.3 is 0 Å². The molecule has 0 radical (unpaired) electrons. The van der Waals surface area contributed by atoms with E-state index >= 15 is 0 Å². The van der Waals surface area contributed by atoms with Gasteiger partial charge in [0.1, 0.15) is 0 Å². The summed E-state index contributed by atoms with van der Waals surface area (Å²) in [6.07, 6.45) is 1.80. The summed E-state index contributed by atoms with van der Waals surface area (Å²) in [5.41, 5.74) is 1.94. The maximum atomic E-state index is 4.35. The Balaban J connectivity index is 2.51. The Morgan fingerprint density at radius 1 is 1.17 bits per heavy atom. The van der Waals surface area contributed by atoms with Crippen LogP contribution < -0.4 is 0 Å². The van der Waals surface area contributed by atoms with Crippen molar-refractivity contribution in [2.75, 3.05) is 0 Å². The minimum Gasteiger partial charge on any atom is -0.207 e. The summed E-state index contributed by atoms with van der Waals surface area (Å²) >= 11 is 4.35. The number of rotatable bonds is 1. The Morgan fingerprint density at radius 3 is 2.50 bits per heavy atom. The third kappa shape index (κ3) is 1.38. The molecule has 0 aliphatic carbocycles.